The number of aliphatic hydroxyl groups is 1. The Morgan fingerprint density at radius 2 is 2.54 bits per heavy atom. The second-order valence-corrected chi connectivity index (χ2v) is 3.80. The summed E-state index contributed by atoms with van der Waals surface area (Å²) in [4.78, 5) is 5.52. The maximum absolute atomic E-state index is 8.57. The summed E-state index contributed by atoms with van der Waals surface area (Å²) in [5, 5.41) is 9.24. The Labute approximate surface area is 80.7 Å². The van der Waals surface area contributed by atoms with E-state index in [0.29, 0.717) is 11.8 Å². The molecule has 0 saturated carbocycles. The smallest absolute Gasteiger partial charge is 0.274 e. The van der Waals surface area contributed by atoms with E-state index < -0.39 is 0 Å². The van der Waals surface area contributed by atoms with E-state index in [9.17, 15) is 0 Å². The van der Waals surface area contributed by atoms with Gasteiger partial charge in [0.05, 0.1) is 17.2 Å². The van der Waals surface area contributed by atoms with E-state index in [4.69, 9.17) is 9.84 Å². The molecule has 1 aromatic heterocycles. The Bertz CT molecular complexity index is 319. The minimum absolute atomic E-state index is 0.0418. The Morgan fingerprint density at radius 1 is 1.62 bits per heavy atom. The first-order chi connectivity index (χ1) is 6.40. The van der Waals surface area contributed by atoms with Crippen molar-refractivity contribution < 1.29 is 9.84 Å². The molecule has 0 bridgehead atoms. The number of rotatable bonds is 3. The molecule has 1 aliphatic rings. The number of hydrogen-bond acceptors (Lipinski definition) is 4. The van der Waals surface area contributed by atoms with Crippen molar-refractivity contribution in [2.75, 3.05) is 13.2 Å². The number of thiazole rings is 1. The Balaban J connectivity index is 2.12. The highest BCUT2D eigenvalue weighted by atomic mass is 32.1. The lowest BCUT2D eigenvalue weighted by Crippen LogP contribution is -2.01. The van der Waals surface area contributed by atoms with E-state index in [2.05, 4.69) is 17.1 Å². The molecule has 1 aromatic rings. The van der Waals surface area contributed by atoms with Crippen LogP contribution in [0.5, 0.6) is 5.19 Å². The van der Waals surface area contributed by atoms with Gasteiger partial charge in [0.25, 0.3) is 5.19 Å². The predicted octanol–water partition coefficient (Wildman–Crippen LogP) is 1.47. The standard InChI is InChI=1S/C9H11NO2S/c11-5-6-12-9-10-7-3-1-2-4-8(7)13-9/h2,4,11H,1,3,5-6H2. The predicted molar refractivity (Wildman–Crippen MR) is 52.0 cm³/mol. The number of nitrogens with zero attached hydrogens (tertiary/aromatic N) is 1. The van der Waals surface area contributed by atoms with Crippen LogP contribution in [0.1, 0.15) is 17.0 Å². The Kier molecular flexibility index (Phi) is 2.61. The summed E-state index contributed by atoms with van der Waals surface area (Å²) in [7, 11) is 0. The van der Waals surface area contributed by atoms with Crippen LogP contribution in [0, 0.1) is 0 Å². The fraction of sp³-hybridized carbons (Fsp3) is 0.444. The zero-order chi connectivity index (χ0) is 9.10. The molecular weight excluding hydrogens is 186 g/mol. The van der Waals surface area contributed by atoms with Crippen LogP contribution >= 0.6 is 11.3 Å². The van der Waals surface area contributed by atoms with E-state index in [1.165, 1.54) is 4.88 Å². The van der Waals surface area contributed by atoms with Crippen LogP contribution in [0.4, 0.5) is 0 Å². The molecule has 4 heteroatoms. The van der Waals surface area contributed by atoms with Crippen molar-refractivity contribution in [2.24, 2.45) is 0 Å². The third-order valence-electron chi connectivity index (χ3n) is 1.84. The lowest BCUT2D eigenvalue weighted by Gasteiger charge is -1.99. The average Bonchev–Trinajstić information content (AvgIpc) is 2.57. The number of fused-ring (bicyclic) bond motifs is 1. The second-order valence-electron chi connectivity index (χ2n) is 2.80. The number of allylic oxidation sites excluding steroid dienone is 1. The minimum Gasteiger partial charge on any atom is -0.468 e. The van der Waals surface area contributed by atoms with Crippen LogP contribution in [0.25, 0.3) is 6.08 Å². The Morgan fingerprint density at radius 3 is 3.31 bits per heavy atom. The lowest BCUT2D eigenvalue weighted by molar-refractivity contribution is 0.200. The van der Waals surface area contributed by atoms with E-state index >= 15 is 0 Å². The molecule has 1 aliphatic carbocycles. The van der Waals surface area contributed by atoms with E-state index in [0.717, 1.165) is 18.5 Å². The monoisotopic (exact) mass is 197 g/mol. The van der Waals surface area contributed by atoms with Gasteiger partial charge in [-0.25, -0.2) is 4.98 Å². The van der Waals surface area contributed by atoms with Crippen molar-refractivity contribution in [3.8, 4) is 5.19 Å². The van der Waals surface area contributed by atoms with E-state index in [-0.39, 0.29) is 6.61 Å². The third kappa shape index (κ3) is 1.89. The van der Waals surface area contributed by atoms with Crippen molar-refractivity contribution >= 4 is 17.4 Å². The van der Waals surface area contributed by atoms with E-state index in [1.807, 2.05) is 0 Å². The van der Waals surface area contributed by atoms with Crippen molar-refractivity contribution in [1.29, 1.82) is 0 Å². The minimum atomic E-state index is 0.0418. The number of ether oxygens (including phenoxy) is 1. The maximum atomic E-state index is 8.57. The normalized spacial score (nSPS) is 14.2. The molecular formula is C9H11NO2S. The highest BCUT2D eigenvalue weighted by Crippen LogP contribution is 2.29. The molecule has 0 aliphatic heterocycles. The molecule has 13 heavy (non-hydrogen) atoms. The highest BCUT2D eigenvalue weighted by Gasteiger charge is 2.11. The van der Waals surface area contributed by atoms with Crippen LogP contribution in [0.3, 0.4) is 0 Å². The molecule has 1 N–H and O–H groups in total. The second kappa shape index (κ2) is 3.89. The molecule has 0 amide bonds. The summed E-state index contributed by atoms with van der Waals surface area (Å²) in [6, 6.07) is 0. The first-order valence-corrected chi connectivity index (χ1v) is 5.11. The van der Waals surface area contributed by atoms with Crippen LogP contribution in [-0.4, -0.2) is 23.3 Å². The molecule has 1 heterocycles. The zero-order valence-corrected chi connectivity index (χ0v) is 8.01. The van der Waals surface area contributed by atoms with Gasteiger partial charge < -0.3 is 9.84 Å². The molecule has 0 radical (unpaired) electrons. The molecule has 3 nitrogen and oxygen atoms in total. The van der Waals surface area contributed by atoms with Crippen molar-refractivity contribution in [3.05, 3.63) is 16.6 Å². The summed E-state index contributed by atoms with van der Waals surface area (Å²) in [5.74, 6) is 0. The number of aryl methyl sites for hydroxylation is 1. The quantitative estimate of drug-likeness (QED) is 0.798. The van der Waals surface area contributed by atoms with E-state index in [1.54, 1.807) is 11.3 Å². The summed E-state index contributed by atoms with van der Waals surface area (Å²) in [6.07, 6.45) is 6.31. The van der Waals surface area contributed by atoms with Crippen LogP contribution < -0.4 is 4.74 Å². The van der Waals surface area contributed by atoms with Gasteiger partial charge >= 0.3 is 0 Å². The lowest BCUT2D eigenvalue weighted by atomic mass is 10.1. The molecule has 0 saturated heterocycles. The Hall–Kier alpha value is -0.870. The largest absolute Gasteiger partial charge is 0.468 e. The maximum Gasteiger partial charge on any atom is 0.274 e. The van der Waals surface area contributed by atoms with Gasteiger partial charge in [0.2, 0.25) is 0 Å². The SMILES string of the molecule is OCCOc1nc2c(s1)C=CCC2. The summed E-state index contributed by atoms with van der Waals surface area (Å²) in [5.41, 5.74) is 1.13. The molecule has 0 aromatic carbocycles. The number of aromatic nitrogens is 1. The highest BCUT2D eigenvalue weighted by molar-refractivity contribution is 7.14. The number of aliphatic hydroxyl groups excluding tert-OH is 1. The third-order valence-corrected chi connectivity index (χ3v) is 2.82. The summed E-state index contributed by atoms with van der Waals surface area (Å²) < 4.78 is 5.23. The molecule has 0 atom stereocenters. The molecule has 70 valence electrons. The summed E-state index contributed by atoms with van der Waals surface area (Å²) >= 11 is 1.54. The van der Waals surface area contributed by atoms with Gasteiger partial charge in [-0.15, -0.1) is 0 Å². The fourth-order valence-electron chi connectivity index (χ4n) is 1.26. The van der Waals surface area contributed by atoms with Crippen LogP contribution in [0.15, 0.2) is 6.08 Å². The van der Waals surface area contributed by atoms with Crippen molar-refractivity contribution in [1.82, 2.24) is 4.98 Å². The van der Waals surface area contributed by atoms with Gasteiger partial charge in [0.15, 0.2) is 0 Å². The van der Waals surface area contributed by atoms with Crippen molar-refractivity contribution in [3.63, 3.8) is 0 Å². The van der Waals surface area contributed by atoms with Gasteiger partial charge in [-0.1, -0.05) is 17.4 Å². The van der Waals surface area contributed by atoms with Gasteiger partial charge in [0, 0.05) is 0 Å². The first-order valence-electron chi connectivity index (χ1n) is 4.30. The molecule has 2 rings (SSSR count). The summed E-state index contributed by atoms with van der Waals surface area (Å²) in [6.45, 7) is 0.371. The van der Waals surface area contributed by atoms with Gasteiger partial charge in [-0.3, -0.25) is 0 Å². The zero-order valence-electron chi connectivity index (χ0n) is 7.19. The number of hydrogen-bond donors (Lipinski definition) is 1. The molecule has 0 fully saturated rings. The first kappa shape index (κ1) is 8.72. The fourth-order valence-corrected chi connectivity index (χ4v) is 2.17. The van der Waals surface area contributed by atoms with Crippen LogP contribution in [-0.2, 0) is 6.42 Å². The molecule has 0 spiro atoms. The van der Waals surface area contributed by atoms with Gasteiger partial charge in [-0.05, 0) is 18.9 Å². The molecule has 0 unspecified atom stereocenters. The van der Waals surface area contributed by atoms with Crippen LogP contribution in [0.2, 0.25) is 0 Å². The average molecular weight is 197 g/mol. The van der Waals surface area contributed by atoms with Crippen molar-refractivity contribution in [2.45, 2.75) is 12.8 Å². The van der Waals surface area contributed by atoms with Gasteiger partial charge in [0.1, 0.15) is 6.61 Å². The topological polar surface area (TPSA) is 42.4 Å². The van der Waals surface area contributed by atoms with Gasteiger partial charge in [-0.2, -0.15) is 0 Å².